The minimum Gasteiger partial charge on any atom is -0.219 e. The molecule has 86 valence electrons. The van der Waals surface area contributed by atoms with Gasteiger partial charge in [0.1, 0.15) is 0 Å². The highest BCUT2D eigenvalue weighted by Gasteiger charge is 2.17. The third-order valence-corrected chi connectivity index (χ3v) is 4.62. The van der Waals surface area contributed by atoms with Gasteiger partial charge in [0.2, 0.25) is 0 Å². The molecule has 0 radical (unpaired) electrons. The summed E-state index contributed by atoms with van der Waals surface area (Å²) in [6.45, 7) is 3.32. The maximum absolute atomic E-state index is 11.5. The molecule has 0 saturated heterocycles. The summed E-state index contributed by atoms with van der Waals surface area (Å²) in [4.78, 5) is 0.337. The van der Waals surface area contributed by atoms with E-state index in [-0.39, 0.29) is 0 Å². The van der Waals surface area contributed by atoms with Crippen LogP contribution in [0.1, 0.15) is 37.2 Å². The Bertz CT molecular complexity index is 465. The average Bonchev–Trinajstić information content (AvgIpc) is 2.83. The molecule has 2 rings (SSSR count). The van der Waals surface area contributed by atoms with Gasteiger partial charge in [-0.25, -0.2) is 8.42 Å². The van der Waals surface area contributed by atoms with Crippen molar-refractivity contribution < 1.29 is 8.42 Å². The van der Waals surface area contributed by atoms with Crippen molar-refractivity contribution in [1.82, 2.24) is 0 Å². The zero-order valence-electron chi connectivity index (χ0n) is 9.22. The molecule has 0 heterocycles. The van der Waals surface area contributed by atoms with E-state index in [0.717, 1.165) is 5.41 Å². The SMILES string of the molecule is C=CS(=O)(=O)c1ccc(C2CCCC2)cc1. The van der Waals surface area contributed by atoms with Gasteiger partial charge in [-0.2, -0.15) is 0 Å². The molecular formula is C13H16O2S. The summed E-state index contributed by atoms with van der Waals surface area (Å²) in [7, 11) is -3.27. The average molecular weight is 236 g/mol. The van der Waals surface area contributed by atoms with Gasteiger partial charge in [-0.15, -0.1) is 0 Å². The first-order valence-corrected chi connectivity index (χ1v) is 7.15. The van der Waals surface area contributed by atoms with E-state index in [4.69, 9.17) is 0 Å². The van der Waals surface area contributed by atoms with E-state index in [1.165, 1.54) is 31.2 Å². The van der Waals surface area contributed by atoms with Gasteiger partial charge in [0.05, 0.1) is 4.90 Å². The summed E-state index contributed by atoms with van der Waals surface area (Å²) in [5, 5.41) is 0.998. The molecule has 2 nitrogen and oxygen atoms in total. The van der Waals surface area contributed by atoms with Gasteiger partial charge in [-0.3, -0.25) is 0 Å². The van der Waals surface area contributed by atoms with E-state index < -0.39 is 9.84 Å². The van der Waals surface area contributed by atoms with Crippen molar-refractivity contribution in [2.75, 3.05) is 0 Å². The van der Waals surface area contributed by atoms with E-state index in [0.29, 0.717) is 10.8 Å². The number of rotatable bonds is 3. The summed E-state index contributed by atoms with van der Waals surface area (Å²) in [6.07, 6.45) is 5.04. The lowest BCUT2D eigenvalue weighted by Crippen LogP contribution is -1.97. The Hall–Kier alpha value is -1.09. The second kappa shape index (κ2) is 4.42. The monoisotopic (exact) mass is 236 g/mol. The fourth-order valence-electron chi connectivity index (χ4n) is 2.29. The number of benzene rings is 1. The molecule has 0 amide bonds. The predicted molar refractivity (Wildman–Crippen MR) is 65.0 cm³/mol. The Morgan fingerprint density at radius 2 is 1.69 bits per heavy atom. The van der Waals surface area contributed by atoms with Crippen molar-refractivity contribution in [2.24, 2.45) is 0 Å². The first-order chi connectivity index (χ1) is 7.63. The van der Waals surface area contributed by atoms with E-state index in [1.807, 2.05) is 12.1 Å². The first kappa shape index (κ1) is 11.4. The fourth-order valence-corrected chi connectivity index (χ4v) is 2.99. The molecule has 16 heavy (non-hydrogen) atoms. The van der Waals surface area contributed by atoms with Crippen LogP contribution in [0.15, 0.2) is 41.1 Å². The van der Waals surface area contributed by atoms with Crippen LogP contribution >= 0.6 is 0 Å². The molecule has 0 N–H and O–H groups in total. The smallest absolute Gasteiger partial charge is 0.199 e. The lowest BCUT2D eigenvalue weighted by molar-refractivity contribution is 0.604. The van der Waals surface area contributed by atoms with Crippen LogP contribution in [-0.2, 0) is 9.84 Å². The zero-order chi connectivity index (χ0) is 11.6. The van der Waals surface area contributed by atoms with Gasteiger partial charge < -0.3 is 0 Å². The van der Waals surface area contributed by atoms with Gasteiger partial charge in [0.25, 0.3) is 0 Å². The predicted octanol–water partition coefficient (Wildman–Crippen LogP) is 3.26. The molecule has 0 spiro atoms. The van der Waals surface area contributed by atoms with Gasteiger partial charge in [-0.05, 0) is 36.5 Å². The number of hydrogen-bond donors (Lipinski definition) is 0. The highest BCUT2D eigenvalue weighted by atomic mass is 32.2. The summed E-state index contributed by atoms with van der Waals surface area (Å²) in [5.74, 6) is 0.625. The summed E-state index contributed by atoms with van der Waals surface area (Å²) < 4.78 is 23.0. The maximum Gasteiger partial charge on any atom is 0.199 e. The van der Waals surface area contributed by atoms with Crippen molar-refractivity contribution in [3.05, 3.63) is 41.8 Å². The topological polar surface area (TPSA) is 34.1 Å². The Labute approximate surface area is 96.9 Å². The van der Waals surface area contributed by atoms with Crippen LogP contribution in [0.3, 0.4) is 0 Å². The third-order valence-electron chi connectivity index (χ3n) is 3.25. The van der Waals surface area contributed by atoms with E-state index >= 15 is 0 Å². The zero-order valence-corrected chi connectivity index (χ0v) is 10.0. The molecule has 0 aliphatic heterocycles. The molecule has 1 aliphatic rings. The van der Waals surface area contributed by atoms with Gasteiger partial charge in [0, 0.05) is 5.41 Å². The van der Waals surface area contributed by atoms with Crippen molar-refractivity contribution in [3.63, 3.8) is 0 Å². The Morgan fingerprint density at radius 3 is 2.19 bits per heavy atom. The Morgan fingerprint density at radius 1 is 1.12 bits per heavy atom. The van der Waals surface area contributed by atoms with Crippen molar-refractivity contribution >= 4 is 9.84 Å². The van der Waals surface area contributed by atoms with Gasteiger partial charge >= 0.3 is 0 Å². The van der Waals surface area contributed by atoms with Crippen molar-refractivity contribution in [3.8, 4) is 0 Å². The molecule has 0 unspecified atom stereocenters. The third kappa shape index (κ3) is 2.19. The van der Waals surface area contributed by atoms with Crippen LogP contribution < -0.4 is 0 Å². The van der Waals surface area contributed by atoms with Gasteiger partial charge in [-0.1, -0.05) is 31.6 Å². The number of hydrogen-bond acceptors (Lipinski definition) is 2. The summed E-state index contributed by atoms with van der Waals surface area (Å²) in [5.41, 5.74) is 1.26. The van der Waals surface area contributed by atoms with Crippen LogP contribution in [0, 0.1) is 0 Å². The van der Waals surface area contributed by atoms with E-state index in [9.17, 15) is 8.42 Å². The van der Waals surface area contributed by atoms with Crippen LogP contribution in [0.25, 0.3) is 0 Å². The second-order valence-corrected chi connectivity index (χ2v) is 6.16. The second-order valence-electron chi connectivity index (χ2n) is 4.26. The molecule has 1 aromatic rings. The highest BCUT2D eigenvalue weighted by Crippen LogP contribution is 2.34. The Kier molecular flexibility index (Phi) is 3.15. The summed E-state index contributed by atoms with van der Waals surface area (Å²) in [6, 6.07) is 7.24. The van der Waals surface area contributed by atoms with E-state index in [2.05, 4.69) is 6.58 Å². The first-order valence-electron chi connectivity index (χ1n) is 5.61. The minimum atomic E-state index is -3.27. The molecule has 3 heteroatoms. The molecule has 1 fully saturated rings. The molecule has 0 aromatic heterocycles. The van der Waals surface area contributed by atoms with Crippen LogP contribution in [0.5, 0.6) is 0 Å². The quantitative estimate of drug-likeness (QED) is 0.807. The summed E-state index contributed by atoms with van der Waals surface area (Å²) >= 11 is 0. The lowest BCUT2D eigenvalue weighted by Gasteiger charge is -2.09. The minimum absolute atomic E-state index is 0.337. The molecule has 1 aromatic carbocycles. The normalized spacial score (nSPS) is 17.5. The molecule has 0 atom stereocenters. The van der Waals surface area contributed by atoms with Crippen molar-refractivity contribution in [1.29, 1.82) is 0 Å². The van der Waals surface area contributed by atoms with Gasteiger partial charge in [0.15, 0.2) is 9.84 Å². The fraction of sp³-hybridized carbons (Fsp3) is 0.385. The molecule has 1 saturated carbocycles. The Balaban J connectivity index is 2.25. The van der Waals surface area contributed by atoms with E-state index in [1.54, 1.807) is 12.1 Å². The molecule has 0 bridgehead atoms. The largest absolute Gasteiger partial charge is 0.219 e. The maximum atomic E-state index is 11.5. The number of sulfone groups is 1. The lowest BCUT2D eigenvalue weighted by atomic mass is 9.98. The van der Waals surface area contributed by atoms with Crippen LogP contribution in [-0.4, -0.2) is 8.42 Å². The standard InChI is InChI=1S/C13H16O2S/c1-2-16(14,15)13-9-7-12(8-10-13)11-5-3-4-6-11/h2,7-11H,1,3-6H2. The van der Waals surface area contributed by atoms with Crippen LogP contribution in [0.4, 0.5) is 0 Å². The van der Waals surface area contributed by atoms with Crippen LogP contribution in [0.2, 0.25) is 0 Å². The van der Waals surface area contributed by atoms with Crippen molar-refractivity contribution in [2.45, 2.75) is 36.5 Å². The molecular weight excluding hydrogens is 220 g/mol. The molecule has 1 aliphatic carbocycles. The highest BCUT2D eigenvalue weighted by molar-refractivity contribution is 7.94.